The number of aromatic nitrogens is 2. The molecule has 0 fully saturated rings. The third-order valence-electron chi connectivity index (χ3n) is 1.94. The van der Waals surface area contributed by atoms with E-state index in [1.54, 1.807) is 12.4 Å². The van der Waals surface area contributed by atoms with Gasteiger partial charge in [-0.2, -0.15) is 0 Å². The van der Waals surface area contributed by atoms with E-state index in [9.17, 15) is 0 Å². The Hall–Kier alpha value is -1.44. The van der Waals surface area contributed by atoms with E-state index in [2.05, 4.69) is 29.0 Å². The van der Waals surface area contributed by atoms with Crippen molar-refractivity contribution in [3.8, 4) is 0 Å². The lowest BCUT2D eigenvalue weighted by molar-refractivity contribution is 1.14. The number of rotatable bonds is 1. The van der Waals surface area contributed by atoms with Gasteiger partial charge in [0.05, 0.1) is 11.0 Å². The first-order chi connectivity index (χ1) is 6.90. The van der Waals surface area contributed by atoms with Crippen LogP contribution in [0.4, 0.5) is 0 Å². The zero-order valence-electron chi connectivity index (χ0n) is 8.99. The van der Waals surface area contributed by atoms with E-state index in [-0.39, 0.29) is 0 Å². The molecule has 2 nitrogen and oxygen atoms in total. The normalized spacial score (nSPS) is 9.36. The predicted octanol–water partition coefficient (Wildman–Crippen LogP) is 3.22. The molecular weight excluding hydrogens is 172 g/mol. The van der Waals surface area contributed by atoms with Gasteiger partial charge in [-0.1, -0.05) is 26.8 Å². The highest BCUT2D eigenvalue weighted by molar-refractivity contribution is 5.74. The van der Waals surface area contributed by atoms with E-state index >= 15 is 0 Å². The maximum atomic E-state index is 4.23. The highest BCUT2D eigenvalue weighted by Crippen LogP contribution is 2.10. The van der Waals surface area contributed by atoms with E-state index < -0.39 is 0 Å². The molecule has 0 aliphatic carbocycles. The molecule has 2 rings (SSSR count). The molecule has 0 N–H and O–H groups in total. The summed E-state index contributed by atoms with van der Waals surface area (Å²) in [6.45, 7) is 6.14. The minimum atomic E-state index is 0.967. The molecule has 1 aromatic heterocycles. The van der Waals surface area contributed by atoms with Crippen LogP contribution in [0.15, 0.2) is 30.6 Å². The molecular formula is C12H16N2. The van der Waals surface area contributed by atoms with Crippen molar-refractivity contribution in [2.24, 2.45) is 0 Å². The number of hydrogen-bond donors (Lipinski definition) is 0. The van der Waals surface area contributed by atoms with Crippen LogP contribution in [0.5, 0.6) is 0 Å². The van der Waals surface area contributed by atoms with E-state index in [4.69, 9.17) is 0 Å². The van der Waals surface area contributed by atoms with Crippen molar-refractivity contribution in [2.75, 3.05) is 0 Å². The fourth-order valence-corrected chi connectivity index (χ4v) is 1.23. The van der Waals surface area contributed by atoms with E-state index in [1.165, 1.54) is 5.56 Å². The van der Waals surface area contributed by atoms with Crippen LogP contribution >= 0.6 is 0 Å². The highest BCUT2D eigenvalue weighted by atomic mass is 14.8. The Morgan fingerprint density at radius 3 is 2.29 bits per heavy atom. The predicted molar refractivity (Wildman–Crippen MR) is 60.3 cm³/mol. The highest BCUT2D eigenvalue weighted by Gasteiger charge is 1.94. The van der Waals surface area contributed by atoms with Crippen LogP contribution in [0.25, 0.3) is 11.0 Å². The maximum Gasteiger partial charge on any atom is 0.0889 e. The van der Waals surface area contributed by atoms with Gasteiger partial charge in [-0.05, 0) is 24.1 Å². The average Bonchev–Trinajstić information content (AvgIpc) is 2.31. The molecule has 0 atom stereocenters. The molecule has 2 aromatic rings. The van der Waals surface area contributed by atoms with Crippen LogP contribution in [0.1, 0.15) is 26.3 Å². The molecule has 0 aliphatic heterocycles. The van der Waals surface area contributed by atoms with E-state index in [1.807, 2.05) is 19.9 Å². The molecule has 0 unspecified atom stereocenters. The lowest BCUT2D eigenvalue weighted by Crippen LogP contribution is -1.84. The third-order valence-corrected chi connectivity index (χ3v) is 1.94. The molecule has 1 heterocycles. The van der Waals surface area contributed by atoms with Crippen molar-refractivity contribution < 1.29 is 0 Å². The summed E-state index contributed by atoms with van der Waals surface area (Å²) >= 11 is 0. The molecule has 2 heteroatoms. The second-order valence-electron chi connectivity index (χ2n) is 2.73. The zero-order chi connectivity index (χ0) is 10.4. The van der Waals surface area contributed by atoms with Gasteiger partial charge in [0.15, 0.2) is 0 Å². The lowest BCUT2D eigenvalue weighted by atomic mass is 10.1. The number of aryl methyl sites for hydroxylation is 1. The van der Waals surface area contributed by atoms with Crippen LogP contribution < -0.4 is 0 Å². The monoisotopic (exact) mass is 188 g/mol. The van der Waals surface area contributed by atoms with Gasteiger partial charge in [-0.15, -0.1) is 0 Å². The Kier molecular flexibility index (Phi) is 4.05. The van der Waals surface area contributed by atoms with Gasteiger partial charge < -0.3 is 0 Å². The van der Waals surface area contributed by atoms with Gasteiger partial charge in [0, 0.05) is 12.4 Å². The maximum absolute atomic E-state index is 4.23. The molecule has 0 radical (unpaired) electrons. The molecule has 14 heavy (non-hydrogen) atoms. The summed E-state index contributed by atoms with van der Waals surface area (Å²) in [5, 5.41) is 0. The van der Waals surface area contributed by atoms with Crippen molar-refractivity contribution in [1.29, 1.82) is 0 Å². The number of fused-ring (bicyclic) bond motifs is 1. The minimum absolute atomic E-state index is 0.967. The zero-order valence-corrected chi connectivity index (χ0v) is 8.99. The molecule has 0 aliphatic rings. The van der Waals surface area contributed by atoms with Crippen LogP contribution in [0.3, 0.4) is 0 Å². The second-order valence-corrected chi connectivity index (χ2v) is 2.73. The Morgan fingerprint density at radius 2 is 1.64 bits per heavy atom. The molecule has 0 spiro atoms. The average molecular weight is 188 g/mol. The number of benzene rings is 1. The number of nitrogens with zero attached hydrogens (tertiary/aromatic N) is 2. The van der Waals surface area contributed by atoms with Crippen LogP contribution in [0, 0.1) is 0 Å². The van der Waals surface area contributed by atoms with Gasteiger partial charge in [-0.25, -0.2) is 0 Å². The summed E-state index contributed by atoms with van der Waals surface area (Å²) in [6.07, 6.45) is 4.49. The largest absolute Gasteiger partial charge is 0.253 e. The van der Waals surface area contributed by atoms with E-state index in [0.717, 1.165) is 17.5 Å². The fourth-order valence-electron chi connectivity index (χ4n) is 1.23. The number of hydrogen-bond acceptors (Lipinski definition) is 2. The van der Waals surface area contributed by atoms with Crippen LogP contribution in [-0.2, 0) is 6.42 Å². The van der Waals surface area contributed by atoms with Crippen molar-refractivity contribution in [3.63, 3.8) is 0 Å². The van der Waals surface area contributed by atoms with Crippen LogP contribution in [-0.4, -0.2) is 9.97 Å². The third kappa shape index (κ3) is 2.28. The topological polar surface area (TPSA) is 25.8 Å². The first-order valence-electron chi connectivity index (χ1n) is 5.10. The van der Waals surface area contributed by atoms with Gasteiger partial charge >= 0.3 is 0 Å². The summed E-state index contributed by atoms with van der Waals surface area (Å²) < 4.78 is 0. The Morgan fingerprint density at radius 1 is 1.00 bits per heavy atom. The Balaban J connectivity index is 0.000000461. The fraction of sp³-hybridized carbons (Fsp3) is 0.333. The minimum Gasteiger partial charge on any atom is -0.253 e. The summed E-state index contributed by atoms with van der Waals surface area (Å²) in [4.78, 5) is 8.42. The van der Waals surface area contributed by atoms with E-state index in [0.29, 0.717) is 0 Å². The summed E-state index contributed by atoms with van der Waals surface area (Å²) in [7, 11) is 0. The molecule has 1 aromatic carbocycles. The molecule has 0 bridgehead atoms. The summed E-state index contributed by atoms with van der Waals surface area (Å²) in [5.74, 6) is 0. The van der Waals surface area contributed by atoms with Crippen LogP contribution in [0.2, 0.25) is 0 Å². The molecule has 74 valence electrons. The van der Waals surface area contributed by atoms with Crippen molar-refractivity contribution >= 4 is 11.0 Å². The molecule has 0 saturated heterocycles. The first kappa shape index (κ1) is 10.6. The Labute approximate surface area is 85.0 Å². The van der Waals surface area contributed by atoms with Crippen molar-refractivity contribution in [3.05, 3.63) is 36.2 Å². The first-order valence-corrected chi connectivity index (χ1v) is 5.10. The molecule has 0 saturated carbocycles. The van der Waals surface area contributed by atoms with Gasteiger partial charge in [0.1, 0.15) is 0 Å². The van der Waals surface area contributed by atoms with Gasteiger partial charge in [-0.3, -0.25) is 9.97 Å². The molecule has 0 amide bonds. The van der Waals surface area contributed by atoms with Gasteiger partial charge in [0.2, 0.25) is 0 Å². The summed E-state index contributed by atoms with van der Waals surface area (Å²) in [5.41, 5.74) is 3.26. The van der Waals surface area contributed by atoms with Crippen molar-refractivity contribution in [1.82, 2.24) is 9.97 Å². The lowest BCUT2D eigenvalue weighted by Gasteiger charge is -1.97. The smallest absolute Gasteiger partial charge is 0.0889 e. The Bertz CT molecular complexity index is 396. The van der Waals surface area contributed by atoms with Crippen molar-refractivity contribution in [2.45, 2.75) is 27.2 Å². The second kappa shape index (κ2) is 5.32. The summed E-state index contributed by atoms with van der Waals surface area (Å²) in [6, 6.07) is 6.19. The SMILES string of the molecule is CC.CCc1ccc2nccnc2c1. The quantitative estimate of drug-likeness (QED) is 0.686. The standard InChI is InChI=1S/C10H10N2.C2H6/c1-2-8-3-4-9-10(7-8)12-6-5-11-9;1-2/h3-7H,2H2,1H3;1-2H3. The van der Waals surface area contributed by atoms with Gasteiger partial charge in [0.25, 0.3) is 0 Å².